The SMILES string of the molecule is CCCCOC(=O)C[C@@H](O)C(F)(F)F. The summed E-state index contributed by atoms with van der Waals surface area (Å²) in [5.41, 5.74) is 0. The first kappa shape index (κ1) is 13.2. The molecule has 0 saturated carbocycles. The number of alkyl halides is 3. The number of aliphatic hydroxyl groups is 1. The van der Waals surface area contributed by atoms with Gasteiger partial charge >= 0.3 is 12.1 Å². The third-order valence-corrected chi connectivity index (χ3v) is 1.50. The molecule has 0 rings (SSSR count). The van der Waals surface area contributed by atoms with Crippen molar-refractivity contribution in [3.63, 3.8) is 0 Å². The van der Waals surface area contributed by atoms with Gasteiger partial charge in [0.1, 0.15) is 0 Å². The van der Waals surface area contributed by atoms with Crippen molar-refractivity contribution >= 4 is 5.97 Å². The van der Waals surface area contributed by atoms with Crippen molar-refractivity contribution in [2.75, 3.05) is 6.61 Å². The van der Waals surface area contributed by atoms with E-state index in [1.165, 1.54) is 0 Å². The van der Waals surface area contributed by atoms with Gasteiger partial charge in [0.05, 0.1) is 13.0 Å². The van der Waals surface area contributed by atoms with Gasteiger partial charge in [-0.05, 0) is 6.42 Å². The number of carbonyl (C=O) groups is 1. The predicted octanol–water partition coefficient (Wildman–Crippen LogP) is 1.64. The van der Waals surface area contributed by atoms with Gasteiger partial charge in [-0.25, -0.2) is 0 Å². The lowest BCUT2D eigenvalue weighted by Crippen LogP contribution is -2.31. The van der Waals surface area contributed by atoms with Crippen LogP contribution in [-0.4, -0.2) is 30.0 Å². The Morgan fingerprint density at radius 2 is 2.07 bits per heavy atom. The zero-order valence-corrected chi connectivity index (χ0v) is 7.80. The van der Waals surface area contributed by atoms with Crippen LogP contribution in [0, 0.1) is 0 Å². The van der Waals surface area contributed by atoms with Crippen LogP contribution in [-0.2, 0) is 9.53 Å². The highest BCUT2D eigenvalue weighted by Crippen LogP contribution is 2.22. The molecule has 0 aliphatic rings. The second kappa shape index (κ2) is 5.85. The standard InChI is InChI=1S/C8H13F3O3/c1-2-3-4-14-7(13)5-6(12)8(9,10)11/h6,12H,2-5H2,1H3/t6-/m1/s1. The molecule has 0 aromatic rings. The molecule has 0 spiro atoms. The Bertz CT molecular complexity index is 179. The summed E-state index contributed by atoms with van der Waals surface area (Å²) in [6, 6.07) is 0. The van der Waals surface area contributed by atoms with Crippen LogP contribution in [0.3, 0.4) is 0 Å². The van der Waals surface area contributed by atoms with E-state index in [0.29, 0.717) is 6.42 Å². The third kappa shape index (κ3) is 5.80. The zero-order chi connectivity index (χ0) is 11.2. The highest BCUT2D eigenvalue weighted by atomic mass is 19.4. The number of rotatable bonds is 5. The van der Waals surface area contributed by atoms with Crippen molar-refractivity contribution in [1.82, 2.24) is 0 Å². The largest absolute Gasteiger partial charge is 0.466 e. The minimum Gasteiger partial charge on any atom is -0.466 e. The molecule has 0 amide bonds. The maximum atomic E-state index is 11.7. The van der Waals surface area contributed by atoms with E-state index in [4.69, 9.17) is 5.11 Å². The van der Waals surface area contributed by atoms with E-state index >= 15 is 0 Å². The Labute approximate surface area is 79.9 Å². The zero-order valence-electron chi connectivity index (χ0n) is 7.80. The third-order valence-electron chi connectivity index (χ3n) is 1.50. The summed E-state index contributed by atoms with van der Waals surface area (Å²) in [7, 11) is 0. The molecule has 14 heavy (non-hydrogen) atoms. The van der Waals surface area contributed by atoms with Crippen molar-refractivity contribution < 1.29 is 27.8 Å². The van der Waals surface area contributed by atoms with E-state index in [1.807, 2.05) is 6.92 Å². The second-order valence-electron chi connectivity index (χ2n) is 2.84. The van der Waals surface area contributed by atoms with Crippen LogP contribution >= 0.6 is 0 Å². The maximum Gasteiger partial charge on any atom is 0.414 e. The lowest BCUT2D eigenvalue weighted by atomic mass is 10.2. The summed E-state index contributed by atoms with van der Waals surface area (Å²) < 4.78 is 39.7. The first-order valence-corrected chi connectivity index (χ1v) is 4.28. The molecule has 84 valence electrons. The highest BCUT2D eigenvalue weighted by molar-refractivity contribution is 5.70. The molecule has 1 atom stereocenters. The summed E-state index contributed by atoms with van der Waals surface area (Å²) in [6.07, 6.45) is -7.03. The average Bonchev–Trinajstić information content (AvgIpc) is 2.03. The van der Waals surface area contributed by atoms with E-state index in [0.717, 1.165) is 6.42 Å². The van der Waals surface area contributed by atoms with Crippen molar-refractivity contribution in [3.8, 4) is 0 Å². The van der Waals surface area contributed by atoms with Gasteiger partial charge in [0, 0.05) is 0 Å². The van der Waals surface area contributed by atoms with Crippen LogP contribution < -0.4 is 0 Å². The quantitative estimate of drug-likeness (QED) is 0.559. The topological polar surface area (TPSA) is 46.5 Å². The van der Waals surface area contributed by atoms with Gasteiger partial charge in [-0.2, -0.15) is 13.2 Å². The number of aliphatic hydroxyl groups excluding tert-OH is 1. The molecule has 1 N–H and O–H groups in total. The van der Waals surface area contributed by atoms with Gasteiger partial charge in [-0.3, -0.25) is 4.79 Å². The molecular formula is C8H13F3O3. The first-order chi connectivity index (χ1) is 6.38. The van der Waals surface area contributed by atoms with E-state index in [2.05, 4.69) is 4.74 Å². The summed E-state index contributed by atoms with van der Waals surface area (Å²) in [4.78, 5) is 10.7. The Hall–Kier alpha value is -0.780. The van der Waals surface area contributed by atoms with Crippen LogP contribution in [0.25, 0.3) is 0 Å². The van der Waals surface area contributed by atoms with Crippen molar-refractivity contribution in [2.24, 2.45) is 0 Å². The average molecular weight is 214 g/mol. The van der Waals surface area contributed by atoms with Gasteiger partial charge < -0.3 is 9.84 Å². The fourth-order valence-corrected chi connectivity index (χ4v) is 0.663. The molecule has 0 aliphatic carbocycles. The fraction of sp³-hybridized carbons (Fsp3) is 0.875. The van der Waals surface area contributed by atoms with Gasteiger partial charge in [0.15, 0.2) is 6.10 Å². The van der Waals surface area contributed by atoms with Crippen LogP contribution in [0.15, 0.2) is 0 Å². The van der Waals surface area contributed by atoms with Gasteiger partial charge in [-0.1, -0.05) is 13.3 Å². The van der Waals surface area contributed by atoms with E-state index < -0.39 is 24.7 Å². The van der Waals surface area contributed by atoms with Gasteiger partial charge in [0.25, 0.3) is 0 Å². The van der Waals surface area contributed by atoms with Crippen LogP contribution in [0.2, 0.25) is 0 Å². The smallest absolute Gasteiger partial charge is 0.414 e. The second-order valence-corrected chi connectivity index (χ2v) is 2.84. The molecule has 0 aromatic carbocycles. The first-order valence-electron chi connectivity index (χ1n) is 4.28. The monoisotopic (exact) mass is 214 g/mol. The summed E-state index contributed by atoms with van der Waals surface area (Å²) in [5.74, 6) is -1.02. The van der Waals surface area contributed by atoms with Crippen molar-refractivity contribution in [2.45, 2.75) is 38.5 Å². The normalized spacial score (nSPS) is 13.8. The van der Waals surface area contributed by atoms with Crippen LogP contribution in [0.5, 0.6) is 0 Å². The Kier molecular flexibility index (Phi) is 5.52. The number of carbonyl (C=O) groups excluding carboxylic acids is 1. The fourth-order valence-electron chi connectivity index (χ4n) is 0.663. The van der Waals surface area contributed by atoms with E-state index in [-0.39, 0.29) is 6.61 Å². The molecule has 0 aromatic heterocycles. The van der Waals surface area contributed by atoms with Crippen molar-refractivity contribution in [3.05, 3.63) is 0 Å². The summed E-state index contributed by atoms with van der Waals surface area (Å²) in [6.45, 7) is 1.96. The number of esters is 1. The Morgan fingerprint density at radius 1 is 1.50 bits per heavy atom. The molecular weight excluding hydrogens is 201 g/mol. The van der Waals surface area contributed by atoms with Gasteiger partial charge in [-0.15, -0.1) is 0 Å². The predicted molar refractivity (Wildman–Crippen MR) is 42.5 cm³/mol. The lowest BCUT2D eigenvalue weighted by Gasteiger charge is -2.13. The highest BCUT2D eigenvalue weighted by Gasteiger charge is 2.39. The molecule has 3 nitrogen and oxygen atoms in total. The Morgan fingerprint density at radius 3 is 2.50 bits per heavy atom. The minimum absolute atomic E-state index is 0.0971. The maximum absolute atomic E-state index is 11.7. The molecule has 0 radical (unpaired) electrons. The summed E-state index contributed by atoms with van der Waals surface area (Å²) in [5, 5.41) is 8.49. The molecule has 0 bridgehead atoms. The van der Waals surface area contributed by atoms with Crippen LogP contribution in [0.1, 0.15) is 26.2 Å². The minimum atomic E-state index is -4.76. The molecule has 0 unspecified atom stereocenters. The van der Waals surface area contributed by atoms with Crippen molar-refractivity contribution in [1.29, 1.82) is 0 Å². The Balaban J connectivity index is 3.72. The van der Waals surface area contributed by atoms with Crippen LogP contribution in [0.4, 0.5) is 13.2 Å². The molecule has 6 heteroatoms. The molecule has 0 fully saturated rings. The van der Waals surface area contributed by atoms with Gasteiger partial charge in [0.2, 0.25) is 0 Å². The van der Waals surface area contributed by atoms with E-state index in [1.54, 1.807) is 0 Å². The molecule has 0 aliphatic heterocycles. The number of halogens is 3. The number of ether oxygens (including phenoxy) is 1. The molecule has 0 saturated heterocycles. The number of unbranched alkanes of at least 4 members (excludes halogenated alkanes) is 1. The number of hydrogen-bond acceptors (Lipinski definition) is 3. The number of hydrogen-bond donors (Lipinski definition) is 1. The lowest BCUT2D eigenvalue weighted by molar-refractivity contribution is -0.209. The van der Waals surface area contributed by atoms with E-state index in [9.17, 15) is 18.0 Å². The summed E-state index contributed by atoms with van der Waals surface area (Å²) >= 11 is 0. The molecule has 0 heterocycles.